The van der Waals surface area contributed by atoms with Crippen LogP contribution < -0.4 is 5.32 Å². The molecule has 1 rings (SSSR count). The lowest BCUT2D eigenvalue weighted by atomic mass is 10.2. The lowest BCUT2D eigenvalue weighted by Crippen LogP contribution is -2.46. The lowest BCUT2D eigenvalue weighted by Gasteiger charge is -2.26. The van der Waals surface area contributed by atoms with Crippen LogP contribution in [0.5, 0.6) is 0 Å². The highest BCUT2D eigenvalue weighted by atomic mass is 32.2. The van der Waals surface area contributed by atoms with E-state index < -0.39 is 0 Å². The third-order valence-electron chi connectivity index (χ3n) is 2.54. The van der Waals surface area contributed by atoms with Crippen molar-refractivity contribution in [1.82, 2.24) is 10.2 Å². The summed E-state index contributed by atoms with van der Waals surface area (Å²) in [6.07, 6.45) is 2.37. The van der Waals surface area contributed by atoms with E-state index in [1.165, 1.54) is 12.2 Å². The number of hydrogen-bond donors (Lipinski definition) is 1. The molecule has 1 unspecified atom stereocenters. The van der Waals surface area contributed by atoms with Gasteiger partial charge in [0.15, 0.2) is 0 Å². The SMILES string of the molecule is CCN(CC)C(=O)NC1CCCSC1. The number of nitrogens with zero attached hydrogens (tertiary/aromatic N) is 1. The van der Waals surface area contributed by atoms with Crippen LogP contribution in [0.4, 0.5) is 4.79 Å². The van der Waals surface area contributed by atoms with Crippen LogP contribution in [-0.4, -0.2) is 41.6 Å². The van der Waals surface area contributed by atoms with Gasteiger partial charge < -0.3 is 10.2 Å². The second kappa shape index (κ2) is 6.17. The fourth-order valence-corrected chi connectivity index (χ4v) is 2.70. The summed E-state index contributed by atoms with van der Waals surface area (Å²) in [7, 11) is 0. The van der Waals surface area contributed by atoms with Crippen LogP contribution in [0.3, 0.4) is 0 Å². The molecule has 1 saturated heterocycles. The Morgan fingerprint density at radius 2 is 2.21 bits per heavy atom. The summed E-state index contributed by atoms with van der Waals surface area (Å²) in [6, 6.07) is 0.490. The molecule has 4 heteroatoms. The average molecular weight is 216 g/mol. The van der Waals surface area contributed by atoms with E-state index in [1.807, 2.05) is 30.5 Å². The van der Waals surface area contributed by atoms with Crippen LogP contribution in [-0.2, 0) is 0 Å². The number of carbonyl (C=O) groups is 1. The van der Waals surface area contributed by atoms with Gasteiger partial charge in [0.25, 0.3) is 0 Å². The zero-order valence-electron chi connectivity index (χ0n) is 9.08. The zero-order chi connectivity index (χ0) is 10.4. The molecule has 0 radical (unpaired) electrons. The number of thioether (sulfide) groups is 1. The first-order chi connectivity index (χ1) is 6.77. The highest BCUT2D eigenvalue weighted by Crippen LogP contribution is 2.16. The van der Waals surface area contributed by atoms with Crippen LogP contribution in [0, 0.1) is 0 Å². The van der Waals surface area contributed by atoms with Gasteiger partial charge in [-0.15, -0.1) is 0 Å². The van der Waals surface area contributed by atoms with Crippen molar-refractivity contribution in [2.75, 3.05) is 24.6 Å². The Balaban J connectivity index is 2.30. The van der Waals surface area contributed by atoms with Gasteiger partial charge in [0, 0.05) is 24.9 Å². The molecule has 0 bridgehead atoms. The topological polar surface area (TPSA) is 32.3 Å². The van der Waals surface area contributed by atoms with Gasteiger partial charge in [-0.05, 0) is 32.4 Å². The van der Waals surface area contributed by atoms with E-state index in [1.54, 1.807) is 0 Å². The second-order valence-corrected chi connectivity index (χ2v) is 4.69. The van der Waals surface area contributed by atoms with E-state index in [4.69, 9.17) is 0 Å². The molecule has 1 atom stereocenters. The highest BCUT2D eigenvalue weighted by molar-refractivity contribution is 7.99. The summed E-state index contributed by atoms with van der Waals surface area (Å²) < 4.78 is 0. The van der Waals surface area contributed by atoms with Gasteiger partial charge in [0.05, 0.1) is 0 Å². The van der Waals surface area contributed by atoms with E-state index in [9.17, 15) is 4.79 Å². The Hall–Kier alpha value is -0.380. The summed E-state index contributed by atoms with van der Waals surface area (Å²) in [5, 5.41) is 3.09. The van der Waals surface area contributed by atoms with Gasteiger partial charge in [-0.3, -0.25) is 0 Å². The number of rotatable bonds is 3. The van der Waals surface area contributed by atoms with Crippen molar-refractivity contribution in [3.63, 3.8) is 0 Å². The van der Waals surface area contributed by atoms with Gasteiger partial charge >= 0.3 is 6.03 Å². The number of hydrogen-bond acceptors (Lipinski definition) is 2. The molecule has 0 aromatic rings. The minimum Gasteiger partial charge on any atom is -0.334 e. The van der Waals surface area contributed by atoms with Crippen molar-refractivity contribution >= 4 is 17.8 Å². The average Bonchev–Trinajstić information content (AvgIpc) is 2.21. The molecule has 1 heterocycles. The van der Waals surface area contributed by atoms with Crippen molar-refractivity contribution in [3.8, 4) is 0 Å². The maximum absolute atomic E-state index is 11.7. The monoisotopic (exact) mass is 216 g/mol. The largest absolute Gasteiger partial charge is 0.334 e. The van der Waals surface area contributed by atoms with E-state index >= 15 is 0 Å². The van der Waals surface area contributed by atoms with Crippen LogP contribution in [0.15, 0.2) is 0 Å². The van der Waals surface area contributed by atoms with Gasteiger partial charge in [-0.25, -0.2) is 4.79 Å². The molecule has 3 nitrogen and oxygen atoms in total. The molecular weight excluding hydrogens is 196 g/mol. The number of urea groups is 1. The summed E-state index contributed by atoms with van der Waals surface area (Å²) in [5.41, 5.74) is 0. The second-order valence-electron chi connectivity index (χ2n) is 3.54. The molecule has 0 aromatic heterocycles. The van der Waals surface area contributed by atoms with Gasteiger partial charge in [-0.2, -0.15) is 11.8 Å². The molecule has 1 N–H and O–H groups in total. The summed E-state index contributed by atoms with van der Waals surface area (Å²) in [4.78, 5) is 13.5. The molecule has 14 heavy (non-hydrogen) atoms. The summed E-state index contributed by atoms with van der Waals surface area (Å²) in [6.45, 7) is 5.61. The van der Waals surface area contributed by atoms with E-state index in [-0.39, 0.29) is 6.03 Å². The third kappa shape index (κ3) is 3.40. The normalized spacial score (nSPS) is 21.7. The van der Waals surface area contributed by atoms with Crippen LogP contribution in [0.25, 0.3) is 0 Å². The number of carbonyl (C=O) groups excluding carboxylic acids is 1. The first kappa shape index (κ1) is 11.7. The molecule has 1 aliphatic heterocycles. The minimum atomic E-state index is 0.0995. The van der Waals surface area contributed by atoms with Crippen LogP contribution >= 0.6 is 11.8 Å². The van der Waals surface area contributed by atoms with Crippen molar-refractivity contribution in [1.29, 1.82) is 0 Å². The Kier molecular flexibility index (Phi) is 5.15. The molecular formula is C10H20N2OS. The maximum atomic E-state index is 11.7. The van der Waals surface area contributed by atoms with Gasteiger partial charge in [0.1, 0.15) is 0 Å². The van der Waals surface area contributed by atoms with Crippen LogP contribution in [0.1, 0.15) is 26.7 Å². The van der Waals surface area contributed by atoms with Crippen molar-refractivity contribution in [2.45, 2.75) is 32.7 Å². The van der Waals surface area contributed by atoms with Gasteiger partial charge in [-0.1, -0.05) is 0 Å². The van der Waals surface area contributed by atoms with E-state index in [2.05, 4.69) is 5.32 Å². The molecule has 0 spiro atoms. The fourth-order valence-electron chi connectivity index (χ4n) is 1.63. The van der Waals surface area contributed by atoms with E-state index in [0.29, 0.717) is 6.04 Å². The maximum Gasteiger partial charge on any atom is 0.317 e. The molecule has 82 valence electrons. The third-order valence-corrected chi connectivity index (χ3v) is 3.75. The number of nitrogens with one attached hydrogen (secondary N) is 1. The Bertz CT molecular complexity index is 177. The summed E-state index contributed by atoms with van der Waals surface area (Å²) in [5.74, 6) is 2.32. The smallest absolute Gasteiger partial charge is 0.317 e. The summed E-state index contributed by atoms with van der Waals surface area (Å²) >= 11 is 1.94. The highest BCUT2D eigenvalue weighted by Gasteiger charge is 2.18. The number of amides is 2. The van der Waals surface area contributed by atoms with Crippen LogP contribution in [0.2, 0.25) is 0 Å². The standard InChI is InChI=1S/C10H20N2OS/c1-3-12(4-2)10(13)11-9-6-5-7-14-8-9/h9H,3-8H2,1-2H3,(H,11,13). The zero-order valence-corrected chi connectivity index (χ0v) is 9.90. The minimum absolute atomic E-state index is 0.0995. The predicted octanol–water partition coefficient (Wildman–Crippen LogP) is 1.93. The lowest BCUT2D eigenvalue weighted by molar-refractivity contribution is 0.199. The first-order valence-corrected chi connectivity index (χ1v) is 6.56. The first-order valence-electron chi connectivity index (χ1n) is 5.41. The predicted molar refractivity (Wildman–Crippen MR) is 61.8 cm³/mol. The quantitative estimate of drug-likeness (QED) is 0.782. The Labute approximate surface area is 90.6 Å². The molecule has 0 saturated carbocycles. The van der Waals surface area contributed by atoms with Crippen molar-refractivity contribution in [2.24, 2.45) is 0 Å². The fraction of sp³-hybridized carbons (Fsp3) is 0.900. The van der Waals surface area contributed by atoms with E-state index in [0.717, 1.165) is 25.3 Å². The molecule has 1 fully saturated rings. The molecule has 0 aromatic carbocycles. The molecule has 1 aliphatic rings. The molecule has 2 amide bonds. The van der Waals surface area contributed by atoms with Crippen molar-refractivity contribution < 1.29 is 4.79 Å². The Morgan fingerprint density at radius 1 is 1.50 bits per heavy atom. The Morgan fingerprint density at radius 3 is 2.71 bits per heavy atom. The molecule has 0 aliphatic carbocycles. The van der Waals surface area contributed by atoms with Gasteiger partial charge in [0.2, 0.25) is 0 Å². The van der Waals surface area contributed by atoms with Crippen molar-refractivity contribution in [3.05, 3.63) is 0 Å².